The Morgan fingerprint density at radius 3 is 2.57 bits per heavy atom. The quantitative estimate of drug-likeness (QED) is 0.825. The average molecular weight is 317 g/mol. The molecule has 2 rings (SSSR count). The van der Waals surface area contributed by atoms with E-state index in [9.17, 15) is 14.3 Å². The van der Waals surface area contributed by atoms with Crippen molar-refractivity contribution in [3.8, 4) is 5.75 Å². The summed E-state index contributed by atoms with van der Waals surface area (Å²) in [6, 6.07) is 13.4. The van der Waals surface area contributed by atoms with Crippen molar-refractivity contribution in [3.63, 3.8) is 0 Å². The zero-order valence-electron chi connectivity index (χ0n) is 13.0. The highest BCUT2D eigenvalue weighted by Gasteiger charge is 2.13. The number of carbonyl (C=O) groups is 1. The Bertz CT molecular complexity index is 643. The molecule has 0 fully saturated rings. The van der Waals surface area contributed by atoms with Gasteiger partial charge in [-0.25, -0.2) is 4.39 Å². The monoisotopic (exact) mass is 317 g/mol. The van der Waals surface area contributed by atoms with Gasteiger partial charge in [-0.15, -0.1) is 0 Å². The lowest BCUT2D eigenvalue weighted by Crippen LogP contribution is -2.32. The summed E-state index contributed by atoms with van der Waals surface area (Å²) in [6.45, 7) is 1.83. The maximum Gasteiger partial charge on any atom is 0.258 e. The zero-order chi connectivity index (χ0) is 16.7. The van der Waals surface area contributed by atoms with Crippen LogP contribution in [0.4, 0.5) is 4.39 Å². The van der Waals surface area contributed by atoms with Crippen molar-refractivity contribution < 1.29 is 19.0 Å². The molecule has 0 aliphatic heterocycles. The summed E-state index contributed by atoms with van der Waals surface area (Å²) in [5, 5.41) is 12.4. The molecule has 0 aromatic heterocycles. The number of carbonyl (C=O) groups excluding carboxylic acids is 1. The number of ether oxygens (including phenoxy) is 1. The third-order valence-electron chi connectivity index (χ3n) is 3.46. The maximum atomic E-state index is 13.5. The van der Waals surface area contributed by atoms with E-state index in [1.165, 1.54) is 17.7 Å². The molecular formula is C18H20FNO3. The molecule has 2 aromatic carbocycles. The average Bonchev–Trinajstić information content (AvgIpc) is 2.58. The number of aryl methyl sites for hydroxylation is 1. The Morgan fingerprint density at radius 1 is 1.22 bits per heavy atom. The van der Waals surface area contributed by atoms with Crippen LogP contribution in [0.25, 0.3) is 0 Å². The molecule has 0 radical (unpaired) electrons. The van der Waals surface area contributed by atoms with Crippen LogP contribution in [0.5, 0.6) is 5.75 Å². The highest BCUT2D eigenvalue weighted by Crippen LogP contribution is 2.15. The van der Waals surface area contributed by atoms with Crippen molar-refractivity contribution >= 4 is 5.91 Å². The SMILES string of the molecule is CCc1ccc(OCC(=O)NCC(O)c2ccccc2F)cc1. The molecular weight excluding hydrogens is 297 g/mol. The molecule has 122 valence electrons. The minimum absolute atomic E-state index is 0.0715. The van der Waals surface area contributed by atoms with E-state index < -0.39 is 11.9 Å². The van der Waals surface area contributed by atoms with Crippen molar-refractivity contribution in [1.82, 2.24) is 5.32 Å². The molecule has 23 heavy (non-hydrogen) atoms. The number of hydrogen-bond acceptors (Lipinski definition) is 3. The van der Waals surface area contributed by atoms with Gasteiger partial charge in [0.25, 0.3) is 5.91 Å². The van der Waals surface area contributed by atoms with E-state index >= 15 is 0 Å². The molecule has 2 N–H and O–H groups in total. The molecule has 0 bridgehead atoms. The Balaban J connectivity index is 1.77. The van der Waals surface area contributed by atoms with Crippen LogP contribution in [0, 0.1) is 5.82 Å². The van der Waals surface area contributed by atoms with Gasteiger partial charge in [0, 0.05) is 12.1 Å². The summed E-state index contributed by atoms with van der Waals surface area (Å²) in [7, 11) is 0. The van der Waals surface area contributed by atoms with Crippen LogP contribution in [0.3, 0.4) is 0 Å². The molecule has 1 atom stereocenters. The van der Waals surface area contributed by atoms with Crippen LogP contribution in [0.1, 0.15) is 24.2 Å². The normalized spacial score (nSPS) is 11.8. The Morgan fingerprint density at radius 2 is 1.91 bits per heavy atom. The van der Waals surface area contributed by atoms with Gasteiger partial charge in [0.2, 0.25) is 0 Å². The lowest BCUT2D eigenvalue weighted by atomic mass is 10.1. The van der Waals surface area contributed by atoms with Gasteiger partial charge < -0.3 is 15.2 Å². The largest absolute Gasteiger partial charge is 0.484 e. The van der Waals surface area contributed by atoms with Crippen molar-refractivity contribution in [2.24, 2.45) is 0 Å². The number of nitrogens with one attached hydrogen (secondary N) is 1. The Labute approximate surface area is 134 Å². The molecule has 0 saturated heterocycles. The first-order valence-corrected chi connectivity index (χ1v) is 7.51. The molecule has 0 spiro atoms. The van der Waals surface area contributed by atoms with E-state index in [0.717, 1.165) is 6.42 Å². The van der Waals surface area contributed by atoms with Gasteiger partial charge in [0.1, 0.15) is 11.6 Å². The predicted molar refractivity (Wildman–Crippen MR) is 85.7 cm³/mol. The number of aliphatic hydroxyl groups is 1. The molecule has 4 nitrogen and oxygen atoms in total. The maximum absolute atomic E-state index is 13.5. The Kier molecular flexibility index (Phi) is 6.11. The minimum atomic E-state index is -1.09. The van der Waals surface area contributed by atoms with Gasteiger partial charge in [-0.1, -0.05) is 37.3 Å². The fraction of sp³-hybridized carbons (Fsp3) is 0.278. The standard InChI is InChI=1S/C18H20FNO3/c1-2-13-7-9-14(10-8-13)23-12-18(22)20-11-17(21)15-5-3-4-6-16(15)19/h3-10,17,21H,2,11-12H2,1H3,(H,20,22). The second kappa shape index (κ2) is 8.29. The fourth-order valence-corrected chi connectivity index (χ4v) is 2.09. The molecule has 0 aliphatic carbocycles. The highest BCUT2D eigenvalue weighted by atomic mass is 19.1. The summed E-state index contributed by atoms with van der Waals surface area (Å²) in [6.07, 6.45) is -0.154. The van der Waals surface area contributed by atoms with Gasteiger partial charge in [0.15, 0.2) is 6.61 Å². The van der Waals surface area contributed by atoms with Crippen molar-refractivity contribution in [2.75, 3.05) is 13.2 Å². The summed E-state index contributed by atoms with van der Waals surface area (Å²) in [5.41, 5.74) is 1.35. The molecule has 0 aliphatic rings. The van der Waals surface area contributed by atoms with E-state index in [1.54, 1.807) is 24.3 Å². The van der Waals surface area contributed by atoms with E-state index in [0.29, 0.717) is 5.75 Å². The highest BCUT2D eigenvalue weighted by molar-refractivity contribution is 5.77. The number of aliphatic hydroxyl groups excluding tert-OH is 1. The van der Waals surface area contributed by atoms with Crippen molar-refractivity contribution in [1.29, 1.82) is 0 Å². The van der Waals surface area contributed by atoms with Gasteiger partial charge in [-0.3, -0.25) is 4.79 Å². The van der Waals surface area contributed by atoms with E-state index in [2.05, 4.69) is 12.2 Å². The van der Waals surface area contributed by atoms with E-state index in [-0.39, 0.29) is 24.6 Å². The number of benzene rings is 2. The van der Waals surface area contributed by atoms with Gasteiger partial charge in [-0.05, 0) is 30.2 Å². The predicted octanol–water partition coefficient (Wildman–Crippen LogP) is 2.62. The lowest BCUT2D eigenvalue weighted by molar-refractivity contribution is -0.123. The third kappa shape index (κ3) is 5.07. The van der Waals surface area contributed by atoms with Gasteiger partial charge in [0.05, 0.1) is 6.10 Å². The summed E-state index contributed by atoms with van der Waals surface area (Å²) in [4.78, 5) is 11.7. The number of hydrogen-bond donors (Lipinski definition) is 2. The van der Waals surface area contributed by atoms with Gasteiger partial charge >= 0.3 is 0 Å². The number of halogens is 1. The first kappa shape index (κ1) is 17.0. The summed E-state index contributed by atoms with van der Waals surface area (Å²) < 4.78 is 18.9. The smallest absolute Gasteiger partial charge is 0.258 e. The van der Waals surface area contributed by atoms with E-state index in [4.69, 9.17) is 4.74 Å². The first-order valence-electron chi connectivity index (χ1n) is 7.51. The van der Waals surface area contributed by atoms with Crippen molar-refractivity contribution in [3.05, 3.63) is 65.5 Å². The Hall–Kier alpha value is -2.40. The van der Waals surface area contributed by atoms with Gasteiger partial charge in [-0.2, -0.15) is 0 Å². The fourth-order valence-electron chi connectivity index (χ4n) is 2.09. The van der Waals surface area contributed by atoms with Crippen LogP contribution in [-0.2, 0) is 11.2 Å². The first-order chi connectivity index (χ1) is 11.1. The van der Waals surface area contributed by atoms with Crippen LogP contribution >= 0.6 is 0 Å². The van der Waals surface area contributed by atoms with Crippen LogP contribution in [0.2, 0.25) is 0 Å². The van der Waals surface area contributed by atoms with Crippen molar-refractivity contribution in [2.45, 2.75) is 19.4 Å². The molecule has 0 saturated carbocycles. The van der Waals surface area contributed by atoms with E-state index in [1.807, 2.05) is 12.1 Å². The zero-order valence-corrected chi connectivity index (χ0v) is 13.0. The van der Waals surface area contributed by atoms with Crippen LogP contribution in [0.15, 0.2) is 48.5 Å². The molecule has 5 heteroatoms. The summed E-state index contributed by atoms with van der Waals surface area (Å²) in [5.74, 6) is -0.270. The second-order valence-corrected chi connectivity index (χ2v) is 5.13. The molecule has 0 heterocycles. The third-order valence-corrected chi connectivity index (χ3v) is 3.46. The number of amides is 1. The topological polar surface area (TPSA) is 58.6 Å². The minimum Gasteiger partial charge on any atom is -0.484 e. The lowest BCUT2D eigenvalue weighted by Gasteiger charge is -2.13. The van der Waals surface area contributed by atoms with Crippen LogP contribution in [-0.4, -0.2) is 24.2 Å². The molecule has 1 amide bonds. The molecule has 2 aromatic rings. The molecule has 1 unspecified atom stereocenters. The van der Waals surface area contributed by atoms with Crippen LogP contribution < -0.4 is 10.1 Å². The number of rotatable bonds is 7. The summed E-state index contributed by atoms with van der Waals surface area (Å²) >= 11 is 0. The second-order valence-electron chi connectivity index (χ2n) is 5.13.